The largest absolute Gasteiger partial charge is 0.469 e. The van der Waals surface area contributed by atoms with Crippen LogP contribution in [0.3, 0.4) is 0 Å². The highest BCUT2D eigenvalue weighted by molar-refractivity contribution is 5.73. The van der Waals surface area contributed by atoms with Gasteiger partial charge in [0.05, 0.1) is 18.6 Å². The van der Waals surface area contributed by atoms with Crippen molar-refractivity contribution in [2.45, 2.75) is 64.4 Å². The van der Waals surface area contributed by atoms with Gasteiger partial charge >= 0.3 is 5.97 Å². The van der Waals surface area contributed by atoms with Crippen molar-refractivity contribution in [3.63, 3.8) is 0 Å². The maximum Gasteiger partial charge on any atom is 0.311 e. The van der Waals surface area contributed by atoms with Gasteiger partial charge in [-0.15, -0.1) is 0 Å². The molecule has 0 radical (unpaired) electrons. The Morgan fingerprint density at radius 2 is 2.18 bits per heavy atom. The molecule has 0 aromatic rings. The zero-order valence-electron chi connectivity index (χ0n) is 11.4. The molecule has 0 aliphatic heterocycles. The number of hydrogen-bond donors (Lipinski definition) is 1. The predicted molar refractivity (Wildman–Crippen MR) is 67.6 cm³/mol. The van der Waals surface area contributed by atoms with Crippen LogP contribution in [0.2, 0.25) is 0 Å². The number of methoxy groups -OCH3 is 1. The van der Waals surface area contributed by atoms with Crippen LogP contribution in [0, 0.1) is 11.8 Å². The summed E-state index contributed by atoms with van der Waals surface area (Å²) < 4.78 is 4.83. The van der Waals surface area contributed by atoms with Crippen molar-refractivity contribution < 1.29 is 14.6 Å². The van der Waals surface area contributed by atoms with Gasteiger partial charge in [0.15, 0.2) is 0 Å². The summed E-state index contributed by atoms with van der Waals surface area (Å²) in [5, 5.41) is 10.5. The summed E-state index contributed by atoms with van der Waals surface area (Å²) in [5.41, 5.74) is -0.909. The van der Waals surface area contributed by atoms with E-state index in [0.717, 1.165) is 25.7 Å². The molecule has 0 aromatic heterocycles. The minimum absolute atomic E-state index is 0.261. The first-order chi connectivity index (χ1) is 8.01. The zero-order valence-corrected chi connectivity index (χ0v) is 11.4. The lowest BCUT2D eigenvalue weighted by atomic mass is 9.72. The van der Waals surface area contributed by atoms with Crippen molar-refractivity contribution in [2.24, 2.45) is 11.8 Å². The molecule has 3 heteroatoms. The van der Waals surface area contributed by atoms with Gasteiger partial charge < -0.3 is 9.84 Å². The highest BCUT2D eigenvalue weighted by Gasteiger charge is 2.40. The fourth-order valence-corrected chi connectivity index (χ4v) is 2.66. The molecule has 1 fully saturated rings. The van der Waals surface area contributed by atoms with Gasteiger partial charge in [-0.05, 0) is 25.7 Å². The molecule has 100 valence electrons. The van der Waals surface area contributed by atoms with E-state index in [2.05, 4.69) is 6.92 Å². The first-order valence-electron chi connectivity index (χ1n) is 6.81. The third-order valence-electron chi connectivity index (χ3n) is 4.01. The van der Waals surface area contributed by atoms with Crippen molar-refractivity contribution in [1.82, 2.24) is 0 Å². The van der Waals surface area contributed by atoms with Crippen molar-refractivity contribution >= 4 is 5.97 Å². The molecule has 0 spiro atoms. The van der Waals surface area contributed by atoms with E-state index < -0.39 is 5.60 Å². The molecule has 1 saturated carbocycles. The standard InChI is InChI=1S/C14H26O3/c1-4-5-9-12(13(15)17-3)14(2,16)10-11-7-6-8-11/h11-12,16H,4-10H2,1-3H3. The summed E-state index contributed by atoms with van der Waals surface area (Å²) in [6.07, 6.45) is 7.10. The smallest absolute Gasteiger partial charge is 0.311 e. The second-order valence-electron chi connectivity index (χ2n) is 5.58. The van der Waals surface area contributed by atoms with Gasteiger partial charge in [0, 0.05) is 0 Å². The predicted octanol–water partition coefficient (Wildman–Crippen LogP) is 2.91. The summed E-state index contributed by atoms with van der Waals surface area (Å²) in [4.78, 5) is 11.8. The number of carbonyl (C=O) groups is 1. The second kappa shape index (κ2) is 6.39. The molecule has 0 aromatic carbocycles. The number of rotatable bonds is 7. The van der Waals surface area contributed by atoms with Gasteiger partial charge in [-0.1, -0.05) is 39.0 Å². The minimum atomic E-state index is -0.909. The molecule has 0 heterocycles. The fourth-order valence-electron chi connectivity index (χ4n) is 2.66. The van der Waals surface area contributed by atoms with Crippen LogP contribution in [0.5, 0.6) is 0 Å². The van der Waals surface area contributed by atoms with E-state index in [1.807, 2.05) is 0 Å². The maximum atomic E-state index is 11.8. The van der Waals surface area contributed by atoms with Crippen molar-refractivity contribution in [3.8, 4) is 0 Å². The van der Waals surface area contributed by atoms with Crippen LogP contribution in [0.1, 0.15) is 58.8 Å². The molecule has 0 amide bonds. The van der Waals surface area contributed by atoms with Crippen LogP contribution in [0.4, 0.5) is 0 Å². The summed E-state index contributed by atoms with van der Waals surface area (Å²) in [5.74, 6) is -0.0328. The first kappa shape index (κ1) is 14.5. The van der Waals surface area contributed by atoms with E-state index in [9.17, 15) is 9.90 Å². The number of unbranched alkanes of at least 4 members (excludes halogenated alkanes) is 1. The van der Waals surface area contributed by atoms with Gasteiger partial charge in [0.1, 0.15) is 0 Å². The van der Waals surface area contributed by atoms with Crippen LogP contribution >= 0.6 is 0 Å². The van der Waals surface area contributed by atoms with Gasteiger partial charge in [0.25, 0.3) is 0 Å². The van der Waals surface area contributed by atoms with Crippen LogP contribution in [-0.2, 0) is 9.53 Å². The van der Waals surface area contributed by atoms with Crippen LogP contribution in [0.15, 0.2) is 0 Å². The van der Waals surface area contributed by atoms with Crippen LogP contribution in [0.25, 0.3) is 0 Å². The van der Waals surface area contributed by atoms with Crippen molar-refractivity contribution in [1.29, 1.82) is 0 Å². The van der Waals surface area contributed by atoms with Crippen LogP contribution < -0.4 is 0 Å². The topological polar surface area (TPSA) is 46.5 Å². The first-order valence-corrected chi connectivity index (χ1v) is 6.81. The number of esters is 1. The van der Waals surface area contributed by atoms with Gasteiger partial charge in [-0.3, -0.25) is 4.79 Å². The zero-order chi connectivity index (χ0) is 12.9. The van der Waals surface area contributed by atoms with Gasteiger partial charge in [-0.2, -0.15) is 0 Å². The average Bonchev–Trinajstić information content (AvgIpc) is 2.23. The summed E-state index contributed by atoms with van der Waals surface area (Å²) in [7, 11) is 1.40. The molecule has 1 aliphatic rings. The van der Waals surface area contributed by atoms with Crippen LogP contribution in [-0.4, -0.2) is 23.8 Å². The Bertz CT molecular complexity index is 244. The molecular formula is C14H26O3. The molecule has 0 bridgehead atoms. The lowest BCUT2D eigenvalue weighted by Crippen LogP contribution is -2.42. The van der Waals surface area contributed by atoms with E-state index in [0.29, 0.717) is 5.92 Å². The molecule has 3 nitrogen and oxygen atoms in total. The minimum Gasteiger partial charge on any atom is -0.469 e. The van der Waals surface area contributed by atoms with E-state index in [1.165, 1.54) is 26.4 Å². The van der Waals surface area contributed by atoms with E-state index in [1.54, 1.807) is 6.92 Å². The second-order valence-corrected chi connectivity index (χ2v) is 5.58. The molecule has 2 atom stereocenters. The number of hydrogen-bond acceptors (Lipinski definition) is 3. The highest BCUT2D eigenvalue weighted by Crippen LogP contribution is 2.38. The van der Waals surface area contributed by atoms with E-state index in [-0.39, 0.29) is 11.9 Å². The fraction of sp³-hybridized carbons (Fsp3) is 0.929. The van der Waals surface area contributed by atoms with E-state index >= 15 is 0 Å². The monoisotopic (exact) mass is 242 g/mol. The third-order valence-corrected chi connectivity index (χ3v) is 4.01. The molecule has 1 rings (SSSR count). The van der Waals surface area contributed by atoms with E-state index in [4.69, 9.17) is 4.74 Å². The summed E-state index contributed by atoms with van der Waals surface area (Å²) >= 11 is 0. The number of ether oxygens (including phenoxy) is 1. The maximum absolute atomic E-state index is 11.8. The Morgan fingerprint density at radius 1 is 1.53 bits per heavy atom. The Labute approximate surface area is 105 Å². The Hall–Kier alpha value is -0.570. The summed E-state index contributed by atoms with van der Waals surface area (Å²) in [6, 6.07) is 0. The molecular weight excluding hydrogens is 216 g/mol. The van der Waals surface area contributed by atoms with Crippen molar-refractivity contribution in [3.05, 3.63) is 0 Å². The summed E-state index contributed by atoms with van der Waals surface area (Å²) in [6.45, 7) is 3.89. The lowest BCUT2D eigenvalue weighted by Gasteiger charge is -2.37. The quantitative estimate of drug-likeness (QED) is 0.698. The Kier molecular flexibility index (Phi) is 5.44. The molecule has 0 saturated heterocycles. The number of aliphatic hydroxyl groups is 1. The number of carbonyl (C=O) groups excluding carboxylic acids is 1. The highest BCUT2D eigenvalue weighted by atomic mass is 16.5. The van der Waals surface area contributed by atoms with Gasteiger partial charge in [-0.25, -0.2) is 0 Å². The average molecular weight is 242 g/mol. The molecule has 2 unspecified atom stereocenters. The normalized spacial score (nSPS) is 21.4. The third kappa shape index (κ3) is 3.98. The van der Waals surface area contributed by atoms with Crippen molar-refractivity contribution in [2.75, 3.05) is 7.11 Å². The van der Waals surface area contributed by atoms with Gasteiger partial charge in [0.2, 0.25) is 0 Å². The Balaban J connectivity index is 2.60. The lowest BCUT2D eigenvalue weighted by molar-refractivity contribution is -0.157. The SMILES string of the molecule is CCCCC(C(=O)OC)C(C)(O)CC1CCC1. The molecule has 17 heavy (non-hydrogen) atoms. The Morgan fingerprint density at radius 3 is 2.59 bits per heavy atom. The molecule has 1 aliphatic carbocycles. The molecule has 1 N–H and O–H groups in total.